The van der Waals surface area contributed by atoms with Crippen LogP contribution >= 0.6 is 0 Å². The normalized spacial score (nSPS) is 10.9. The highest BCUT2D eigenvalue weighted by Gasteiger charge is 2.11. The number of benzene rings is 1. The smallest absolute Gasteiger partial charge is 0.295 e. The lowest BCUT2D eigenvalue weighted by atomic mass is 10.1. The maximum Gasteiger partial charge on any atom is 0.295 e. The zero-order chi connectivity index (χ0) is 12.5. The molecule has 3 aromatic rings. The molecule has 0 unspecified atom stereocenters. The molecule has 0 aliphatic heterocycles. The number of anilines is 1. The van der Waals surface area contributed by atoms with Crippen LogP contribution in [0.2, 0.25) is 0 Å². The van der Waals surface area contributed by atoms with Gasteiger partial charge < -0.3 is 10.2 Å². The van der Waals surface area contributed by atoms with Gasteiger partial charge in [-0.25, -0.2) is 4.98 Å². The molecular formula is C13H11N3O2. The molecule has 0 saturated heterocycles. The largest absolute Gasteiger partial charge is 0.456 e. The number of nitrogens with one attached hydrogen (secondary N) is 1. The molecule has 5 heteroatoms. The highest BCUT2D eigenvalue weighted by molar-refractivity contribution is 5.76. The van der Waals surface area contributed by atoms with Crippen LogP contribution in [-0.4, -0.2) is 9.97 Å². The lowest BCUT2D eigenvalue weighted by Gasteiger charge is -1.98. The number of nitrogen functional groups attached to an aromatic ring is 1. The van der Waals surface area contributed by atoms with Crippen LogP contribution < -0.4 is 11.3 Å². The summed E-state index contributed by atoms with van der Waals surface area (Å²) in [4.78, 5) is 18.1. The van der Waals surface area contributed by atoms with E-state index in [4.69, 9.17) is 10.2 Å². The standard InChI is InChI=1S/C13H11N3O2/c14-13-15-10-9(6-8-4-2-1-3-5-8)7-18-11(10)12(17)16-13/h1-5,7H,6H2,(H3,14,15,16,17). The number of rotatable bonds is 2. The predicted octanol–water partition coefficient (Wildman–Crippen LogP) is 1.69. The predicted molar refractivity (Wildman–Crippen MR) is 68.3 cm³/mol. The second kappa shape index (κ2) is 4.03. The first-order valence-electron chi connectivity index (χ1n) is 5.54. The molecule has 0 bridgehead atoms. The van der Waals surface area contributed by atoms with Crippen molar-refractivity contribution in [2.24, 2.45) is 0 Å². The summed E-state index contributed by atoms with van der Waals surface area (Å²) < 4.78 is 5.25. The molecule has 5 nitrogen and oxygen atoms in total. The molecule has 18 heavy (non-hydrogen) atoms. The van der Waals surface area contributed by atoms with Gasteiger partial charge in [0.25, 0.3) is 5.56 Å². The molecule has 0 aliphatic rings. The fourth-order valence-corrected chi connectivity index (χ4v) is 1.93. The fraction of sp³-hybridized carbons (Fsp3) is 0.0769. The molecule has 0 aliphatic carbocycles. The molecule has 3 rings (SSSR count). The van der Waals surface area contributed by atoms with Gasteiger partial charge in [0.1, 0.15) is 5.52 Å². The summed E-state index contributed by atoms with van der Waals surface area (Å²) in [6.07, 6.45) is 2.21. The van der Waals surface area contributed by atoms with Crippen molar-refractivity contribution in [3.05, 3.63) is 58.1 Å². The van der Waals surface area contributed by atoms with E-state index in [1.165, 1.54) is 0 Å². The molecule has 0 atom stereocenters. The van der Waals surface area contributed by atoms with Crippen molar-refractivity contribution in [2.45, 2.75) is 6.42 Å². The quantitative estimate of drug-likeness (QED) is 0.715. The van der Waals surface area contributed by atoms with Crippen LogP contribution in [0.1, 0.15) is 11.1 Å². The molecule has 0 fully saturated rings. The van der Waals surface area contributed by atoms with E-state index in [0.29, 0.717) is 11.9 Å². The Morgan fingerprint density at radius 3 is 2.83 bits per heavy atom. The monoisotopic (exact) mass is 241 g/mol. The number of nitrogens with two attached hydrogens (primary N) is 1. The van der Waals surface area contributed by atoms with Crippen LogP contribution in [0, 0.1) is 0 Å². The lowest BCUT2D eigenvalue weighted by molar-refractivity contribution is 0.606. The minimum atomic E-state index is -0.350. The summed E-state index contributed by atoms with van der Waals surface area (Å²) in [6.45, 7) is 0. The average molecular weight is 241 g/mol. The molecule has 0 saturated carbocycles. The number of H-pyrrole nitrogens is 1. The highest BCUT2D eigenvalue weighted by Crippen LogP contribution is 2.19. The zero-order valence-corrected chi connectivity index (χ0v) is 9.51. The van der Waals surface area contributed by atoms with Crippen molar-refractivity contribution in [1.29, 1.82) is 0 Å². The van der Waals surface area contributed by atoms with Gasteiger partial charge in [-0.3, -0.25) is 9.78 Å². The molecule has 2 heterocycles. The van der Waals surface area contributed by atoms with Crippen molar-refractivity contribution >= 4 is 17.0 Å². The van der Waals surface area contributed by atoms with Crippen LogP contribution in [0.3, 0.4) is 0 Å². The maximum atomic E-state index is 11.6. The fourth-order valence-electron chi connectivity index (χ4n) is 1.93. The molecule has 0 radical (unpaired) electrons. The third kappa shape index (κ3) is 1.75. The van der Waals surface area contributed by atoms with E-state index in [9.17, 15) is 4.79 Å². The van der Waals surface area contributed by atoms with Gasteiger partial charge in [0.05, 0.1) is 6.26 Å². The van der Waals surface area contributed by atoms with Gasteiger partial charge in [-0.2, -0.15) is 0 Å². The Morgan fingerprint density at radius 2 is 2.06 bits per heavy atom. The van der Waals surface area contributed by atoms with E-state index in [2.05, 4.69) is 9.97 Å². The van der Waals surface area contributed by atoms with E-state index in [1.807, 2.05) is 30.3 Å². The number of hydrogen-bond donors (Lipinski definition) is 2. The number of aromatic amines is 1. The lowest BCUT2D eigenvalue weighted by Crippen LogP contribution is -2.10. The number of aromatic nitrogens is 2. The summed E-state index contributed by atoms with van der Waals surface area (Å²) in [6, 6.07) is 9.90. The van der Waals surface area contributed by atoms with E-state index < -0.39 is 0 Å². The van der Waals surface area contributed by atoms with E-state index in [0.717, 1.165) is 11.1 Å². The van der Waals surface area contributed by atoms with Crippen LogP contribution in [0.15, 0.2) is 45.8 Å². The summed E-state index contributed by atoms with van der Waals surface area (Å²) in [7, 11) is 0. The topological polar surface area (TPSA) is 84.9 Å². The van der Waals surface area contributed by atoms with Crippen LogP contribution in [-0.2, 0) is 6.42 Å². The van der Waals surface area contributed by atoms with Crippen molar-refractivity contribution in [2.75, 3.05) is 5.73 Å². The van der Waals surface area contributed by atoms with E-state index in [-0.39, 0.29) is 17.1 Å². The number of hydrogen-bond acceptors (Lipinski definition) is 4. The molecule has 2 aromatic heterocycles. The van der Waals surface area contributed by atoms with E-state index in [1.54, 1.807) is 6.26 Å². The Morgan fingerprint density at radius 1 is 1.28 bits per heavy atom. The Hall–Kier alpha value is -2.56. The van der Waals surface area contributed by atoms with Gasteiger partial charge in [0, 0.05) is 12.0 Å². The van der Waals surface area contributed by atoms with E-state index >= 15 is 0 Å². The first-order chi connectivity index (χ1) is 8.74. The number of furan rings is 1. The Balaban J connectivity index is 2.11. The van der Waals surface area contributed by atoms with Gasteiger partial charge in [0.2, 0.25) is 11.5 Å². The van der Waals surface area contributed by atoms with Crippen molar-refractivity contribution in [3.63, 3.8) is 0 Å². The summed E-state index contributed by atoms with van der Waals surface area (Å²) >= 11 is 0. The Bertz CT molecular complexity index is 744. The zero-order valence-electron chi connectivity index (χ0n) is 9.51. The SMILES string of the molecule is Nc1nc2c(Cc3ccccc3)coc2c(=O)[nH]1. The van der Waals surface area contributed by atoms with Crippen LogP contribution in [0.25, 0.3) is 11.1 Å². The first-order valence-corrected chi connectivity index (χ1v) is 5.54. The van der Waals surface area contributed by atoms with Crippen molar-refractivity contribution in [3.8, 4) is 0 Å². The highest BCUT2D eigenvalue weighted by atomic mass is 16.3. The molecular weight excluding hydrogens is 230 g/mol. The second-order valence-electron chi connectivity index (χ2n) is 4.05. The molecule has 1 aromatic carbocycles. The van der Waals surface area contributed by atoms with Crippen molar-refractivity contribution in [1.82, 2.24) is 9.97 Å². The first kappa shape index (κ1) is 10.6. The van der Waals surface area contributed by atoms with Crippen LogP contribution in [0.5, 0.6) is 0 Å². The average Bonchev–Trinajstić information content (AvgIpc) is 2.74. The number of fused-ring (bicyclic) bond motifs is 1. The van der Waals surface area contributed by atoms with Gasteiger partial charge in [-0.15, -0.1) is 0 Å². The molecule has 0 amide bonds. The second-order valence-corrected chi connectivity index (χ2v) is 4.05. The van der Waals surface area contributed by atoms with Crippen LogP contribution in [0.4, 0.5) is 5.95 Å². The minimum Gasteiger partial charge on any atom is -0.456 e. The van der Waals surface area contributed by atoms with Crippen molar-refractivity contribution < 1.29 is 4.42 Å². The maximum absolute atomic E-state index is 11.6. The number of nitrogens with zero attached hydrogens (tertiary/aromatic N) is 1. The third-order valence-electron chi connectivity index (χ3n) is 2.76. The van der Waals surface area contributed by atoms with Gasteiger partial charge in [0.15, 0.2) is 0 Å². The molecule has 3 N–H and O–H groups in total. The Labute approximate surface area is 102 Å². The van der Waals surface area contributed by atoms with Gasteiger partial charge >= 0.3 is 0 Å². The summed E-state index contributed by atoms with van der Waals surface area (Å²) in [5.74, 6) is 0.100. The molecule has 0 spiro atoms. The Kier molecular flexibility index (Phi) is 2.37. The third-order valence-corrected chi connectivity index (χ3v) is 2.76. The summed E-state index contributed by atoms with van der Waals surface area (Å²) in [5.41, 5.74) is 7.91. The summed E-state index contributed by atoms with van der Waals surface area (Å²) in [5, 5.41) is 0. The minimum absolute atomic E-state index is 0.100. The van der Waals surface area contributed by atoms with Gasteiger partial charge in [-0.1, -0.05) is 30.3 Å². The molecule has 90 valence electrons. The van der Waals surface area contributed by atoms with Gasteiger partial charge in [-0.05, 0) is 5.56 Å².